The summed E-state index contributed by atoms with van der Waals surface area (Å²) < 4.78 is 0.406. The highest BCUT2D eigenvalue weighted by Crippen LogP contribution is 2.28. The quantitative estimate of drug-likeness (QED) is 0.359. The number of hydrogen-bond donors (Lipinski definition) is 0. The van der Waals surface area contributed by atoms with Gasteiger partial charge in [-0.25, -0.2) is 0 Å². The Kier molecular flexibility index (Phi) is 3.60. The number of halogens is 2. The third-order valence-electron chi connectivity index (χ3n) is 1.63. The van der Waals surface area contributed by atoms with Gasteiger partial charge in [-0.3, -0.25) is 14.9 Å². The molecule has 0 spiro atoms. The van der Waals surface area contributed by atoms with Crippen molar-refractivity contribution >= 4 is 45.1 Å². The first-order valence-electron chi connectivity index (χ1n) is 3.56. The molecular formula is C8H2ClIN2O3. The molecule has 0 saturated heterocycles. The van der Waals surface area contributed by atoms with Crippen molar-refractivity contribution in [2.24, 2.45) is 0 Å². The highest BCUT2D eigenvalue weighted by Gasteiger charge is 2.25. The molecule has 0 unspecified atom stereocenters. The number of carbonyl (C=O) groups is 1. The molecule has 0 bridgehead atoms. The molecule has 0 atom stereocenters. The van der Waals surface area contributed by atoms with Gasteiger partial charge in [0.2, 0.25) is 0 Å². The molecule has 0 fully saturated rings. The van der Waals surface area contributed by atoms with Gasteiger partial charge >= 0.3 is 0 Å². The summed E-state index contributed by atoms with van der Waals surface area (Å²) in [4.78, 5) is 20.8. The van der Waals surface area contributed by atoms with Crippen LogP contribution in [0.15, 0.2) is 12.1 Å². The van der Waals surface area contributed by atoms with Gasteiger partial charge in [-0.15, -0.1) is 0 Å². The van der Waals surface area contributed by atoms with E-state index in [4.69, 9.17) is 16.9 Å². The summed E-state index contributed by atoms with van der Waals surface area (Å²) in [6.07, 6.45) is 0. The second-order valence-electron chi connectivity index (χ2n) is 2.46. The molecule has 0 aromatic heterocycles. The average Bonchev–Trinajstić information content (AvgIpc) is 2.16. The van der Waals surface area contributed by atoms with Crippen LogP contribution in [0.3, 0.4) is 0 Å². The lowest BCUT2D eigenvalue weighted by Gasteiger charge is -2.01. The lowest BCUT2D eigenvalue weighted by Crippen LogP contribution is -2.02. The standard InChI is InChI=1S/C8H2ClIN2O3/c9-8(13)4-1-2-6(10)5(3-11)7(4)12(14)15/h1-2H. The fourth-order valence-corrected chi connectivity index (χ4v) is 1.73. The number of nitrogens with zero attached hydrogens (tertiary/aromatic N) is 2. The lowest BCUT2D eigenvalue weighted by molar-refractivity contribution is -0.385. The van der Waals surface area contributed by atoms with Gasteiger partial charge < -0.3 is 0 Å². The second kappa shape index (κ2) is 4.55. The predicted octanol–water partition coefficient (Wildman–Crippen LogP) is 2.45. The van der Waals surface area contributed by atoms with Crippen molar-refractivity contribution in [2.45, 2.75) is 0 Å². The molecule has 1 aromatic carbocycles. The first-order valence-corrected chi connectivity index (χ1v) is 5.01. The normalized spacial score (nSPS) is 9.40. The molecule has 0 saturated carbocycles. The van der Waals surface area contributed by atoms with E-state index in [0.29, 0.717) is 3.57 Å². The molecule has 76 valence electrons. The SMILES string of the molecule is N#Cc1c(I)ccc(C(=O)Cl)c1[N+](=O)[O-]. The van der Waals surface area contributed by atoms with Gasteiger partial charge in [0.1, 0.15) is 17.2 Å². The van der Waals surface area contributed by atoms with Crippen molar-refractivity contribution in [3.8, 4) is 6.07 Å². The molecule has 1 rings (SSSR count). The molecule has 15 heavy (non-hydrogen) atoms. The number of nitriles is 1. The van der Waals surface area contributed by atoms with Gasteiger partial charge in [-0.1, -0.05) is 0 Å². The molecule has 5 nitrogen and oxygen atoms in total. The summed E-state index contributed by atoms with van der Waals surface area (Å²) in [7, 11) is 0. The number of rotatable bonds is 2. The van der Waals surface area contributed by atoms with Crippen molar-refractivity contribution < 1.29 is 9.72 Å². The van der Waals surface area contributed by atoms with E-state index in [1.54, 1.807) is 28.7 Å². The molecule has 0 radical (unpaired) electrons. The summed E-state index contributed by atoms with van der Waals surface area (Å²) in [5.41, 5.74) is -0.949. The Morgan fingerprint density at radius 2 is 2.20 bits per heavy atom. The Balaban J connectivity index is 3.66. The monoisotopic (exact) mass is 336 g/mol. The van der Waals surface area contributed by atoms with Crippen LogP contribution in [-0.4, -0.2) is 10.2 Å². The molecule has 0 N–H and O–H groups in total. The topological polar surface area (TPSA) is 84.0 Å². The van der Waals surface area contributed by atoms with Gasteiger partial charge in [-0.2, -0.15) is 5.26 Å². The van der Waals surface area contributed by atoms with Crippen molar-refractivity contribution in [1.82, 2.24) is 0 Å². The zero-order valence-electron chi connectivity index (χ0n) is 7.03. The van der Waals surface area contributed by atoms with Crippen molar-refractivity contribution in [3.63, 3.8) is 0 Å². The van der Waals surface area contributed by atoms with Crippen LogP contribution >= 0.6 is 34.2 Å². The fraction of sp³-hybridized carbons (Fsp3) is 0. The number of nitro benzene ring substituents is 1. The molecule has 1 aromatic rings. The Morgan fingerprint density at radius 3 is 2.60 bits per heavy atom. The van der Waals surface area contributed by atoms with Crippen LogP contribution in [0.25, 0.3) is 0 Å². The van der Waals surface area contributed by atoms with E-state index in [1.165, 1.54) is 12.1 Å². The zero-order chi connectivity index (χ0) is 11.6. The Morgan fingerprint density at radius 1 is 1.60 bits per heavy atom. The van der Waals surface area contributed by atoms with Crippen molar-refractivity contribution in [3.05, 3.63) is 36.9 Å². The summed E-state index contributed by atoms with van der Waals surface area (Å²) in [5, 5.41) is 18.5. The average molecular weight is 336 g/mol. The molecule has 0 aliphatic carbocycles. The Bertz CT molecular complexity index is 495. The first kappa shape index (κ1) is 11.9. The minimum atomic E-state index is -0.949. The molecule has 0 amide bonds. The van der Waals surface area contributed by atoms with Crippen LogP contribution in [0.4, 0.5) is 5.69 Å². The van der Waals surface area contributed by atoms with E-state index >= 15 is 0 Å². The van der Waals surface area contributed by atoms with Crippen LogP contribution in [-0.2, 0) is 0 Å². The van der Waals surface area contributed by atoms with E-state index in [-0.39, 0.29) is 11.1 Å². The third-order valence-corrected chi connectivity index (χ3v) is 2.74. The molecule has 7 heteroatoms. The van der Waals surface area contributed by atoms with Crippen LogP contribution in [0.2, 0.25) is 0 Å². The summed E-state index contributed by atoms with van der Waals surface area (Å²) in [5.74, 6) is 0. The molecule has 0 aliphatic heterocycles. The van der Waals surface area contributed by atoms with Gasteiger partial charge in [0.15, 0.2) is 0 Å². The van der Waals surface area contributed by atoms with Gasteiger partial charge in [0.05, 0.1) is 4.92 Å². The number of carbonyl (C=O) groups excluding carboxylic acids is 1. The predicted molar refractivity (Wildman–Crippen MR) is 60.7 cm³/mol. The summed E-state index contributed by atoms with van der Waals surface area (Å²) in [6, 6.07) is 4.34. The maximum absolute atomic E-state index is 10.9. The van der Waals surface area contributed by atoms with Gasteiger partial charge in [-0.05, 0) is 46.3 Å². The van der Waals surface area contributed by atoms with E-state index in [2.05, 4.69) is 0 Å². The van der Waals surface area contributed by atoms with Crippen LogP contribution in [0, 0.1) is 25.0 Å². The van der Waals surface area contributed by atoms with Crippen molar-refractivity contribution in [1.29, 1.82) is 5.26 Å². The van der Waals surface area contributed by atoms with Crippen LogP contribution in [0.5, 0.6) is 0 Å². The molecule has 0 heterocycles. The third kappa shape index (κ3) is 2.24. The zero-order valence-corrected chi connectivity index (χ0v) is 9.94. The maximum atomic E-state index is 10.9. The minimum absolute atomic E-state index is 0.146. The van der Waals surface area contributed by atoms with E-state index < -0.39 is 15.9 Å². The first-order chi connectivity index (χ1) is 6.99. The highest BCUT2D eigenvalue weighted by molar-refractivity contribution is 14.1. The second-order valence-corrected chi connectivity index (χ2v) is 3.97. The smallest absolute Gasteiger partial charge is 0.275 e. The lowest BCUT2D eigenvalue weighted by atomic mass is 10.1. The number of nitro groups is 1. The molecular weight excluding hydrogens is 334 g/mol. The summed E-state index contributed by atoms with van der Waals surface area (Å²) in [6.45, 7) is 0. The Labute approximate surface area is 103 Å². The number of hydrogen-bond acceptors (Lipinski definition) is 4. The fourth-order valence-electron chi connectivity index (χ4n) is 1.02. The van der Waals surface area contributed by atoms with Gasteiger partial charge in [0.25, 0.3) is 10.9 Å². The van der Waals surface area contributed by atoms with Gasteiger partial charge in [0, 0.05) is 3.57 Å². The van der Waals surface area contributed by atoms with E-state index in [9.17, 15) is 14.9 Å². The largest absolute Gasteiger partial charge is 0.300 e. The highest BCUT2D eigenvalue weighted by atomic mass is 127. The molecule has 0 aliphatic rings. The van der Waals surface area contributed by atoms with Crippen LogP contribution in [0.1, 0.15) is 15.9 Å². The summed E-state index contributed by atoms with van der Waals surface area (Å²) >= 11 is 6.96. The number of benzene rings is 1. The van der Waals surface area contributed by atoms with Crippen molar-refractivity contribution in [2.75, 3.05) is 0 Å². The minimum Gasteiger partial charge on any atom is -0.275 e. The van der Waals surface area contributed by atoms with E-state index in [0.717, 1.165) is 0 Å². The van der Waals surface area contributed by atoms with E-state index in [1.807, 2.05) is 0 Å². The van der Waals surface area contributed by atoms with Crippen LogP contribution < -0.4 is 0 Å². The Hall–Kier alpha value is -1.20. The maximum Gasteiger partial charge on any atom is 0.300 e.